The van der Waals surface area contributed by atoms with Crippen LogP contribution in [0.2, 0.25) is 10.0 Å². The molecule has 3 nitrogen and oxygen atoms in total. The first-order valence-corrected chi connectivity index (χ1v) is 7.94. The Morgan fingerprint density at radius 1 is 1.14 bits per heavy atom. The van der Waals surface area contributed by atoms with Crippen LogP contribution in [-0.4, -0.2) is 17.2 Å². The molecule has 0 aliphatic rings. The van der Waals surface area contributed by atoms with Gasteiger partial charge in [0.15, 0.2) is 0 Å². The molecule has 118 valence electrons. The van der Waals surface area contributed by atoms with Crippen molar-refractivity contribution in [1.29, 1.82) is 0 Å². The normalized spacial score (nSPS) is 13.7. The molecule has 0 aliphatic carbocycles. The molecule has 1 aromatic heterocycles. The summed E-state index contributed by atoms with van der Waals surface area (Å²) in [5.74, 6) is 0.551. The minimum Gasteiger partial charge on any atom is -0.495 e. The highest BCUT2D eigenvalue weighted by Gasteiger charge is 2.23. The highest BCUT2D eigenvalue weighted by atomic mass is 35.5. The SMILES string of the molecule is CCCC(c1ccc(Cl)c(Cl)c1)[C@@H](O)c1cncc(OC)c1. The summed E-state index contributed by atoms with van der Waals surface area (Å²) in [6.45, 7) is 2.08. The molecule has 0 aliphatic heterocycles. The van der Waals surface area contributed by atoms with Crippen molar-refractivity contribution in [2.24, 2.45) is 0 Å². The summed E-state index contributed by atoms with van der Waals surface area (Å²) in [5, 5.41) is 11.8. The largest absolute Gasteiger partial charge is 0.495 e. The Morgan fingerprint density at radius 2 is 1.91 bits per heavy atom. The fourth-order valence-electron chi connectivity index (χ4n) is 2.50. The molecule has 0 fully saturated rings. The standard InChI is InChI=1S/C17H19Cl2NO2/c1-3-4-14(11-5-6-15(18)16(19)8-11)17(21)12-7-13(22-2)10-20-9-12/h5-10,14,17,21H,3-4H2,1-2H3/t14?,17-/m0/s1. The number of rotatable bonds is 6. The van der Waals surface area contributed by atoms with Crippen LogP contribution in [0.4, 0.5) is 0 Å². The number of aromatic nitrogens is 1. The van der Waals surface area contributed by atoms with Gasteiger partial charge < -0.3 is 9.84 Å². The molecule has 2 rings (SSSR count). The zero-order valence-corrected chi connectivity index (χ0v) is 14.1. The van der Waals surface area contributed by atoms with Gasteiger partial charge in [-0.3, -0.25) is 4.98 Å². The fourth-order valence-corrected chi connectivity index (χ4v) is 2.81. The van der Waals surface area contributed by atoms with E-state index >= 15 is 0 Å². The minimum atomic E-state index is -0.681. The number of hydrogen-bond acceptors (Lipinski definition) is 3. The summed E-state index contributed by atoms with van der Waals surface area (Å²) in [6, 6.07) is 7.29. The van der Waals surface area contributed by atoms with E-state index in [-0.39, 0.29) is 5.92 Å². The maximum absolute atomic E-state index is 10.8. The van der Waals surface area contributed by atoms with Crippen molar-refractivity contribution in [2.75, 3.05) is 7.11 Å². The van der Waals surface area contributed by atoms with Crippen molar-refractivity contribution in [1.82, 2.24) is 4.98 Å². The summed E-state index contributed by atoms with van der Waals surface area (Å²) in [5.41, 5.74) is 1.69. The molecule has 0 amide bonds. The van der Waals surface area contributed by atoms with E-state index in [1.54, 1.807) is 31.6 Å². The second-order valence-corrected chi connectivity index (χ2v) is 5.99. The molecule has 0 saturated heterocycles. The zero-order valence-electron chi connectivity index (χ0n) is 12.6. The lowest BCUT2D eigenvalue weighted by Gasteiger charge is -2.24. The van der Waals surface area contributed by atoms with E-state index in [4.69, 9.17) is 27.9 Å². The van der Waals surface area contributed by atoms with Gasteiger partial charge in [0.05, 0.1) is 29.5 Å². The van der Waals surface area contributed by atoms with E-state index in [1.165, 1.54) is 0 Å². The van der Waals surface area contributed by atoms with Gasteiger partial charge in [-0.15, -0.1) is 0 Å². The van der Waals surface area contributed by atoms with Crippen molar-refractivity contribution in [3.8, 4) is 5.75 Å². The van der Waals surface area contributed by atoms with Crippen molar-refractivity contribution in [2.45, 2.75) is 31.8 Å². The molecule has 1 heterocycles. The number of ether oxygens (including phenoxy) is 1. The number of aliphatic hydroxyl groups excluding tert-OH is 1. The van der Waals surface area contributed by atoms with E-state index in [2.05, 4.69) is 11.9 Å². The molecule has 1 aromatic carbocycles. The van der Waals surface area contributed by atoms with Gasteiger partial charge in [-0.05, 0) is 30.2 Å². The predicted octanol–water partition coefficient (Wildman–Crippen LogP) is 5.01. The summed E-state index contributed by atoms with van der Waals surface area (Å²) >= 11 is 12.1. The second-order valence-electron chi connectivity index (χ2n) is 5.17. The van der Waals surface area contributed by atoms with Crippen LogP contribution < -0.4 is 4.74 Å². The second kappa shape index (κ2) is 7.82. The molecule has 2 atom stereocenters. The maximum atomic E-state index is 10.8. The van der Waals surface area contributed by atoms with Gasteiger partial charge in [0.25, 0.3) is 0 Å². The monoisotopic (exact) mass is 339 g/mol. The number of benzene rings is 1. The minimum absolute atomic E-state index is 0.0753. The predicted molar refractivity (Wildman–Crippen MR) is 89.9 cm³/mol. The maximum Gasteiger partial charge on any atom is 0.137 e. The number of aliphatic hydroxyl groups is 1. The van der Waals surface area contributed by atoms with Crippen LogP contribution in [-0.2, 0) is 0 Å². The Hall–Kier alpha value is -1.29. The summed E-state index contributed by atoms with van der Waals surface area (Å²) in [7, 11) is 1.58. The first-order chi connectivity index (χ1) is 10.6. The van der Waals surface area contributed by atoms with E-state index in [9.17, 15) is 5.11 Å². The molecule has 2 aromatic rings. The van der Waals surface area contributed by atoms with Crippen molar-refractivity contribution in [3.05, 3.63) is 57.8 Å². The number of nitrogens with zero attached hydrogens (tertiary/aromatic N) is 1. The molecule has 0 spiro atoms. The van der Waals surface area contributed by atoms with Crippen molar-refractivity contribution >= 4 is 23.2 Å². The van der Waals surface area contributed by atoms with E-state index in [0.29, 0.717) is 15.8 Å². The van der Waals surface area contributed by atoms with E-state index < -0.39 is 6.10 Å². The quantitative estimate of drug-likeness (QED) is 0.803. The van der Waals surface area contributed by atoms with Crippen molar-refractivity contribution < 1.29 is 9.84 Å². The lowest BCUT2D eigenvalue weighted by atomic mass is 9.86. The van der Waals surface area contributed by atoms with Crippen LogP contribution >= 0.6 is 23.2 Å². The smallest absolute Gasteiger partial charge is 0.137 e. The molecule has 1 unspecified atom stereocenters. The fraction of sp³-hybridized carbons (Fsp3) is 0.353. The van der Waals surface area contributed by atoms with Crippen molar-refractivity contribution in [3.63, 3.8) is 0 Å². The van der Waals surface area contributed by atoms with Crippen LogP contribution in [0.3, 0.4) is 0 Å². The highest BCUT2D eigenvalue weighted by molar-refractivity contribution is 6.42. The summed E-state index contributed by atoms with van der Waals surface area (Å²) in [6.07, 6.45) is 4.37. The third kappa shape index (κ3) is 3.92. The first-order valence-electron chi connectivity index (χ1n) is 7.18. The lowest BCUT2D eigenvalue weighted by molar-refractivity contribution is 0.139. The van der Waals surface area contributed by atoms with Crippen LogP contribution in [0.5, 0.6) is 5.75 Å². The molecular weight excluding hydrogens is 321 g/mol. The number of pyridine rings is 1. The Kier molecular flexibility index (Phi) is 6.07. The van der Waals surface area contributed by atoms with Gasteiger partial charge in [0.2, 0.25) is 0 Å². The summed E-state index contributed by atoms with van der Waals surface area (Å²) in [4.78, 5) is 4.11. The van der Waals surface area contributed by atoms with Crippen LogP contribution in [0.15, 0.2) is 36.7 Å². The van der Waals surface area contributed by atoms with Gasteiger partial charge in [-0.1, -0.05) is 42.6 Å². The topological polar surface area (TPSA) is 42.4 Å². The molecule has 5 heteroatoms. The molecule has 22 heavy (non-hydrogen) atoms. The van der Waals surface area contributed by atoms with Gasteiger partial charge in [-0.2, -0.15) is 0 Å². The van der Waals surface area contributed by atoms with E-state index in [0.717, 1.165) is 24.0 Å². The Balaban J connectivity index is 2.35. The Labute approximate surface area is 140 Å². The average Bonchev–Trinajstić information content (AvgIpc) is 2.54. The zero-order chi connectivity index (χ0) is 16.1. The highest BCUT2D eigenvalue weighted by Crippen LogP contribution is 2.37. The van der Waals surface area contributed by atoms with Crippen LogP contribution in [0, 0.1) is 0 Å². The number of methoxy groups -OCH3 is 1. The molecular formula is C17H19Cl2NO2. The number of halogens is 2. The van der Waals surface area contributed by atoms with Gasteiger partial charge >= 0.3 is 0 Å². The Bertz CT molecular complexity index is 634. The van der Waals surface area contributed by atoms with Crippen LogP contribution in [0.25, 0.3) is 0 Å². The first kappa shape index (κ1) is 17.1. The number of hydrogen-bond donors (Lipinski definition) is 1. The van der Waals surface area contributed by atoms with Gasteiger partial charge in [0, 0.05) is 17.7 Å². The third-order valence-corrected chi connectivity index (χ3v) is 4.40. The van der Waals surface area contributed by atoms with Gasteiger partial charge in [-0.25, -0.2) is 0 Å². The van der Waals surface area contributed by atoms with Crippen LogP contribution in [0.1, 0.15) is 42.9 Å². The third-order valence-electron chi connectivity index (χ3n) is 3.66. The molecule has 0 radical (unpaired) electrons. The molecule has 1 N–H and O–H groups in total. The summed E-state index contributed by atoms with van der Waals surface area (Å²) < 4.78 is 5.17. The van der Waals surface area contributed by atoms with Gasteiger partial charge in [0.1, 0.15) is 5.75 Å². The Morgan fingerprint density at radius 3 is 2.55 bits per heavy atom. The average molecular weight is 340 g/mol. The lowest BCUT2D eigenvalue weighted by Crippen LogP contribution is -2.11. The molecule has 0 bridgehead atoms. The molecule has 0 saturated carbocycles. The van der Waals surface area contributed by atoms with E-state index in [1.807, 2.05) is 12.1 Å².